The number of nitrogens with zero attached hydrogens (tertiary/aromatic N) is 1. The first kappa shape index (κ1) is 37.3. The minimum Gasteiger partial charge on any atom is -0.310 e. The Morgan fingerprint density at radius 3 is 1.47 bits per heavy atom. The molecule has 1 atom stereocenters. The zero-order valence-corrected chi connectivity index (χ0v) is 36.9. The van der Waals surface area contributed by atoms with Crippen molar-refractivity contribution < 1.29 is 0 Å². The van der Waals surface area contributed by atoms with Crippen LogP contribution in [0.25, 0.3) is 55.6 Å². The van der Waals surface area contributed by atoms with Crippen LogP contribution in [0.1, 0.15) is 78.6 Å². The van der Waals surface area contributed by atoms with Gasteiger partial charge in [-0.3, -0.25) is 0 Å². The van der Waals surface area contributed by atoms with Crippen LogP contribution in [0.5, 0.6) is 0 Å². The van der Waals surface area contributed by atoms with Gasteiger partial charge in [-0.1, -0.05) is 191 Å². The molecule has 1 unspecified atom stereocenters. The van der Waals surface area contributed by atoms with E-state index in [9.17, 15) is 0 Å². The molecule has 4 aliphatic carbocycles. The van der Waals surface area contributed by atoms with Gasteiger partial charge in [0.25, 0.3) is 0 Å². The van der Waals surface area contributed by atoms with E-state index in [1.165, 1.54) is 112 Å². The van der Waals surface area contributed by atoms with Gasteiger partial charge in [0.05, 0.1) is 0 Å². The molecule has 0 bridgehead atoms. The molecular formula is C63H49N. The van der Waals surface area contributed by atoms with Crippen LogP contribution in [-0.2, 0) is 22.7 Å². The highest BCUT2D eigenvalue weighted by Crippen LogP contribution is 2.60. The number of hydrogen-bond acceptors (Lipinski definition) is 1. The van der Waals surface area contributed by atoms with Gasteiger partial charge >= 0.3 is 0 Å². The van der Waals surface area contributed by atoms with Crippen LogP contribution in [0.15, 0.2) is 200 Å². The summed E-state index contributed by atoms with van der Waals surface area (Å²) in [4.78, 5) is 2.51. The number of aryl methyl sites for hydroxylation is 1. The molecule has 13 rings (SSSR count). The van der Waals surface area contributed by atoms with Crippen molar-refractivity contribution >= 4 is 17.1 Å². The molecule has 1 spiro atoms. The predicted octanol–water partition coefficient (Wildman–Crippen LogP) is 16.4. The van der Waals surface area contributed by atoms with Crippen molar-refractivity contribution in [2.45, 2.75) is 56.8 Å². The number of rotatable bonds is 5. The van der Waals surface area contributed by atoms with E-state index in [4.69, 9.17) is 0 Å². The molecule has 0 amide bonds. The summed E-state index contributed by atoms with van der Waals surface area (Å²) in [5.41, 5.74) is 27.6. The molecule has 4 aliphatic rings. The van der Waals surface area contributed by atoms with Gasteiger partial charge in [0.15, 0.2) is 0 Å². The Morgan fingerprint density at radius 1 is 0.328 bits per heavy atom. The fraction of sp³-hybridized carbons (Fsp3) is 0.143. The summed E-state index contributed by atoms with van der Waals surface area (Å²) >= 11 is 0. The summed E-state index contributed by atoms with van der Waals surface area (Å²) in [6.07, 6.45) is 2.16. The Kier molecular flexibility index (Phi) is 7.82. The summed E-state index contributed by atoms with van der Waals surface area (Å²) in [7, 11) is 0. The van der Waals surface area contributed by atoms with E-state index in [0.29, 0.717) is 0 Å². The van der Waals surface area contributed by atoms with Gasteiger partial charge in [-0.25, -0.2) is 0 Å². The summed E-state index contributed by atoms with van der Waals surface area (Å²) in [6, 6.07) is 76.0. The number of anilines is 3. The van der Waals surface area contributed by atoms with Gasteiger partial charge in [-0.05, 0) is 149 Å². The van der Waals surface area contributed by atoms with Gasteiger partial charge < -0.3 is 4.90 Å². The molecule has 0 saturated heterocycles. The lowest BCUT2D eigenvalue weighted by molar-refractivity contribution is 0.626. The molecule has 0 radical (unpaired) electrons. The average Bonchev–Trinajstić information content (AvgIpc) is 4.01. The van der Waals surface area contributed by atoms with E-state index in [1.807, 2.05) is 0 Å². The Morgan fingerprint density at radius 2 is 0.781 bits per heavy atom. The molecule has 0 heterocycles. The number of hydrogen-bond donors (Lipinski definition) is 0. The minimum absolute atomic E-state index is 0.109. The maximum atomic E-state index is 2.53. The second-order valence-corrected chi connectivity index (χ2v) is 19.6. The van der Waals surface area contributed by atoms with Crippen LogP contribution in [0.3, 0.4) is 0 Å². The lowest BCUT2D eigenvalue weighted by Crippen LogP contribution is -2.24. The molecule has 0 N–H and O–H groups in total. The van der Waals surface area contributed by atoms with Gasteiger partial charge in [0.2, 0.25) is 0 Å². The second-order valence-electron chi connectivity index (χ2n) is 19.6. The van der Waals surface area contributed by atoms with Crippen LogP contribution in [0, 0.1) is 0 Å². The fourth-order valence-electron chi connectivity index (χ4n) is 12.8. The van der Waals surface area contributed by atoms with Gasteiger partial charge in [0.1, 0.15) is 0 Å². The van der Waals surface area contributed by atoms with E-state index < -0.39 is 0 Å². The van der Waals surface area contributed by atoms with E-state index in [2.05, 4.69) is 233 Å². The first-order valence-corrected chi connectivity index (χ1v) is 23.1. The standard InChI is InChI=1S/C63H49N/c1-61(2)55-25-12-8-19-47(55)50-34-32-43(38-58(50)61)64(44-33-35-51-48-20-10-14-27-57(48)63(59(51)39-44)37-36-41-16-5-11-24-54(41)63)42-30-28-40(29-31-42)45-17-6-7-18-46(45)52-22-15-23-53-49-21-9-13-26-56(49)62(3,4)60(52)53/h5-35,38-39H,36-37H2,1-4H3. The molecule has 1 nitrogen and oxygen atoms in total. The van der Waals surface area contributed by atoms with E-state index in [0.717, 1.165) is 18.5 Å². The highest BCUT2D eigenvalue weighted by Gasteiger charge is 2.48. The van der Waals surface area contributed by atoms with Crippen LogP contribution in [0.4, 0.5) is 17.1 Å². The van der Waals surface area contributed by atoms with Gasteiger partial charge in [-0.15, -0.1) is 0 Å². The summed E-state index contributed by atoms with van der Waals surface area (Å²) in [5, 5.41) is 0. The van der Waals surface area contributed by atoms with Crippen LogP contribution in [0.2, 0.25) is 0 Å². The number of fused-ring (bicyclic) bond motifs is 13. The van der Waals surface area contributed by atoms with E-state index in [-0.39, 0.29) is 16.2 Å². The Labute approximate surface area is 377 Å². The quantitative estimate of drug-likeness (QED) is 0.167. The Hall–Kier alpha value is -7.22. The lowest BCUT2D eigenvalue weighted by atomic mass is 9.73. The highest BCUT2D eigenvalue weighted by atomic mass is 15.1. The maximum absolute atomic E-state index is 2.53. The van der Waals surface area contributed by atoms with Gasteiger partial charge in [0, 0.05) is 33.3 Å². The topological polar surface area (TPSA) is 3.24 Å². The third-order valence-electron chi connectivity index (χ3n) is 15.7. The maximum Gasteiger partial charge on any atom is 0.0470 e. The molecule has 0 fully saturated rings. The van der Waals surface area contributed by atoms with Crippen molar-refractivity contribution in [3.63, 3.8) is 0 Å². The van der Waals surface area contributed by atoms with E-state index in [1.54, 1.807) is 0 Å². The molecule has 64 heavy (non-hydrogen) atoms. The summed E-state index contributed by atoms with van der Waals surface area (Å²) in [6.45, 7) is 9.54. The van der Waals surface area contributed by atoms with Crippen LogP contribution >= 0.6 is 0 Å². The number of benzene rings is 9. The monoisotopic (exact) mass is 819 g/mol. The van der Waals surface area contributed by atoms with Crippen LogP contribution < -0.4 is 4.90 Å². The fourth-order valence-corrected chi connectivity index (χ4v) is 12.8. The highest BCUT2D eigenvalue weighted by molar-refractivity contribution is 5.94. The zero-order chi connectivity index (χ0) is 43.0. The van der Waals surface area contributed by atoms with Crippen molar-refractivity contribution in [1.29, 1.82) is 0 Å². The third-order valence-corrected chi connectivity index (χ3v) is 15.7. The first-order chi connectivity index (χ1) is 31.2. The first-order valence-electron chi connectivity index (χ1n) is 23.1. The molecule has 0 saturated carbocycles. The van der Waals surface area contributed by atoms with Crippen molar-refractivity contribution in [2.75, 3.05) is 4.90 Å². The summed E-state index contributed by atoms with van der Waals surface area (Å²) in [5.74, 6) is 0. The molecular weight excluding hydrogens is 771 g/mol. The van der Waals surface area contributed by atoms with Crippen molar-refractivity contribution in [3.8, 4) is 55.6 Å². The van der Waals surface area contributed by atoms with Crippen molar-refractivity contribution in [3.05, 3.63) is 245 Å². The smallest absolute Gasteiger partial charge is 0.0470 e. The predicted molar refractivity (Wildman–Crippen MR) is 267 cm³/mol. The lowest BCUT2D eigenvalue weighted by Gasteiger charge is -2.31. The third kappa shape index (κ3) is 5.01. The SMILES string of the molecule is CC1(C)c2ccccc2-c2ccc(N(c3ccc(-c4ccccc4-c4cccc5c4C(C)(C)c4ccccc4-5)cc3)c3ccc4c(c3)C3(CCc5ccccc53)c3ccccc3-4)cc21. The average molecular weight is 820 g/mol. The molecule has 9 aromatic rings. The van der Waals surface area contributed by atoms with Gasteiger partial charge in [-0.2, -0.15) is 0 Å². The van der Waals surface area contributed by atoms with Crippen LogP contribution in [-0.4, -0.2) is 0 Å². The summed E-state index contributed by atoms with van der Waals surface area (Å²) < 4.78 is 0. The van der Waals surface area contributed by atoms with Crippen molar-refractivity contribution in [1.82, 2.24) is 0 Å². The molecule has 9 aromatic carbocycles. The molecule has 0 aliphatic heterocycles. The zero-order valence-electron chi connectivity index (χ0n) is 36.9. The molecule has 306 valence electrons. The Bertz CT molecular complexity index is 3400. The minimum atomic E-state index is -0.174. The Balaban J connectivity index is 0.971. The largest absolute Gasteiger partial charge is 0.310 e. The molecule has 0 aromatic heterocycles. The normalized spacial score (nSPS) is 17.2. The second kappa shape index (κ2) is 13.4. The van der Waals surface area contributed by atoms with E-state index >= 15 is 0 Å². The van der Waals surface area contributed by atoms with Crippen molar-refractivity contribution in [2.24, 2.45) is 0 Å². The molecule has 1 heteroatoms.